The van der Waals surface area contributed by atoms with E-state index in [1.807, 2.05) is 13.8 Å². The Morgan fingerprint density at radius 1 is 1.33 bits per heavy atom. The molecule has 0 aromatic heterocycles. The predicted octanol–water partition coefficient (Wildman–Crippen LogP) is 3.58. The van der Waals surface area contributed by atoms with Crippen molar-refractivity contribution < 1.29 is 23.1 Å². The summed E-state index contributed by atoms with van der Waals surface area (Å²) in [6.45, 7) is 4.28. The fourth-order valence-electron chi connectivity index (χ4n) is 1.99. The van der Waals surface area contributed by atoms with Gasteiger partial charge in [-0.3, -0.25) is 9.18 Å². The lowest BCUT2D eigenvalue weighted by atomic mass is 10.1. The highest BCUT2D eigenvalue weighted by Crippen LogP contribution is 2.28. The molecule has 0 bridgehead atoms. The molecule has 0 aliphatic carbocycles. The highest BCUT2D eigenvalue weighted by atomic mass is 19.3. The van der Waals surface area contributed by atoms with Gasteiger partial charge in [-0.05, 0) is 18.6 Å². The van der Waals surface area contributed by atoms with Crippen LogP contribution in [0, 0.1) is 5.92 Å². The number of rotatable bonds is 3. The van der Waals surface area contributed by atoms with Gasteiger partial charge in [-0.25, -0.2) is 8.78 Å². The van der Waals surface area contributed by atoms with Crippen molar-refractivity contribution in [2.24, 2.45) is 5.92 Å². The molecule has 1 aliphatic heterocycles. The molecule has 1 aliphatic rings. The molecule has 120 valence electrons. The molecule has 1 aromatic carbocycles. The summed E-state index contributed by atoms with van der Waals surface area (Å²) in [5.41, 5.74) is 0.381. The summed E-state index contributed by atoms with van der Waals surface area (Å²) in [6, 6.07) is 5.79. The molecule has 1 saturated heterocycles. The Morgan fingerprint density at radius 3 is 2.43 bits per heavy atom. The summed E-state index contributed by atoms with van der Waals surface area (Å²) < 4.78 is 34.6. The summed E-state index contributed by atoms with van der Waals surface area (Å²) in [7, 11) is 0.500. The molecule has 0 spiro atoms. The molecule has 1 amide bonds. The van der Waals surface area contributed by atoms with Crippen LogP contribution in [0.1, 0.15) is 32.3 Å². The number of nitrogens with zero attached hydrogens (tertiary/aromatic N) is 1. The minimum Gasteiger partial charge on any atom is -0.396 e. The quantitative estimate of drug-likeness (QED) is 0.927. The number of halogens is 3. The van der Waals surface area contributed by atoms with E-state index < -0.39 is 12.3 Å². The van der Waals surface area contributed by atoms with E-state index in [-0.39, 0.29) is 18.1 Å². The van der Waals surface area contributed by atoms with Crippen molar-refractivity contribution in [3.63, 3.8) is 0 Å². The van der Waals surface area contributed by atoms with Crippen LogP contribution in [0.2, 0.25) is 0 Å². The minimum absolute atomic E-state index is 0.0947. The van der Waals surface area contributed by atoms with Crippen LogP contribution in [0.3, 0.4) is 0 Å². The third kappa shape index (κ3) is 5.04. The summed E-state index contributed by atoms with van der Waals surface area (Å²) in [5, 5.41) is 8.98. The molecule has 3 nitrogen and oxygen atoms in total. The van der Waals surface area contributed by atoms with Crippen LogP contribution in [0.5, 0.6) is 0 Å². The third-order valence-electron chi connectivity index (χ3n) is 2.97. The zero-order chi connectivity index (χ0) is 16.4. The molecule has 2 rings (SSSR count). The SMILES string of the molecule is CC.CF.O=C1C(CO)CCN1c1cccc(C(F)F)c1. The number of carbonyl (C=O) groups excluding carboxylic acids is 1. The Bertz CT molecular complexity index is 427. The Balaban J connectivity index is 0.000000921. The van der Waals surface area contributed by atoms with Gasteiger partial charge in [0, 0.05) is 17.8 Å². The topological polar surface area (TPSA) is 40.5 Å². The molecule has 1 N–H and O–H groups in total. The van der Waals surface area contributed by atoms with Gasteiger partial charge in [0.2, 0.25) is 5.91 Å². The average molecular weight is 305 g/mol. The van der Waals surface area contributed by atoms with Crippen molar-refractivity contribution in [1.82, 2.24) is 0 Å². The number of aliphatic hydroxyl groups excluding tert-OH is 1. The maximum absolute atomic E-state index is 12.5. The average Bonchev–Trinajstić information content (AvgIpc) is 2.92. The number of alkyl halides is 3. The number of anilines is 1. The van der Waals surface area contributed by atoms with E-state index in [0.29, 0.717) is 25.8 Å². The number of benzene rings is 1. The van der Waals surface area contributed by atoms with Crippen LogP contribution in [-0.2, 0) is 4.79 Å². The van der Waals surface area contributed by atoms with Crippen molar-refractivity contribution in [2.45, 2.75) is 26.7 Å². The third-order valence-corrected chi connectivity index (χ3v) is 2.97. The molecule has 1 aromatic rings. The monoisotopic (exact) mass is 305 g/mol. The second kappa shape index (κ2) is 10.2. The van der Waals surface area contributed by atoms with Gasteiger partial charge in [-0.2, -0.15) is 0 Å². The smallest absolute Gasteiger partial charge is 0.263 e. The van der Waals surface area contributed by atoms with Gasteiger partial charge in [-0.1, -0.05) is 26.0 Å². The molecule has 1 heterocycles. The largest absolute Gasteiger partial charge is 0.396 e. The number of carbonyl (C=O) groups is 1. The summed E-state index contributed by atoms with van der Waals surface area (Å²) in [4.78, 5) is 13.2. The molecular weight excluding hydrogens is 283 g/mol. The zero-order valence-corrected chi connectivity index (χ0v) is 12.5. The molecule has 1 fully saturated rings. The van der Waals surface area contributed by atoms with Crippen molar-refractivity contribution in [1.29, 1.82) is 0 Å². The second-order valence-electron chi connectivity index (χ2n) is 4.05. The van der Waals surface area contributed by atoms with Gasteiger partial charge in [0.1, 0.15) is 0 Å². The fourth-order valence-corrected chi connectivity index (χ4v) is 1.99. The molecule has 0 radical (unpaired) electrons. The highest BCUT2D eigenvalue weighted by molar-refractivity contribution is 5.97. The highest BCUT2D eigenvalue weighted by Gasteiger charge is 2.32. The molecular formula is C15H22F3NO2. The van der Waals surface area contributed by atoms with E-state index in [2.05, 4.69) is 0 Å². The Morgan fingerprint density at radius 2 is 1.95 bits per heavy atom. The number of aliphatic hydroxyl groups is 1. The van der Waals surface area contributed by atoms with E-state index in [4.69, 9.17) is 5.11 Å². The maximum atomic E-state index is 12.5. The molecule has 1 atom stereocenters. The molecule has 6 heteroatoms. The van der Waals surface area contributed by atoms with Crippen molar-refractivity contribution in [3.05, 3.63) is 29.8 Å². The van der Waals surface area contributed by atoms with Gasteiger partial charge in [0.05, 0.1) is 19.7 Å². The van der Waals surface area contributed by atoms with E-state index >= 15 is 0 Å². The zero-order valence-electron chi connectivity index (χ0n) is 12.5. The van der Waals surface area contributed by atoms with E-state index in [0.717, 1.165) is 0 Å². The van der Waals surface area contributed by atoms with Crippen LogP contribution in [0.25, 0.3) is 0 Å². The van der Waals surface area contributed by atoms with Gasteiger partial charge >= 0.3 is 0 Å². The van der Waals surface area contributed by atoms with Crippen molar-refractivity contribution in [3.8, 4) is 0 Å². The summed E-state index contributed by atoms with van der Waals surface area (Å²) >= 11 is 0. The van der Waals surface area contributed by atoms with E-state index in [1.54, 1.807) is 6.07 Å². The van der Waals surface area contributed by atoms with Crippen molar-refractivity contribution in [2.75, 3.05) is 25.2 Å². The van der Waals surface area contributed by atoms with Gasteiger partial charge in [0.15, 0.2) is 0 Å². The van der Waals surface area contributed by atoms with Crippen LogP contribution < -0.4 is 4.90 Å². The number of amides is 1. The molecule has 1 unspecified atom stereocenters. The lowest BCUT2D eigenvalue weighted by Crippen LogP contribution is -2.28. The van der Waals surface area contributed by atoms with Crippen LogP contribution in [0.4, 0.5) is 18.9 Å². The standard InChI is InChI=1S/C12H13F2NO2.C2H6.CH3F/c13-11(14)8-2-1-3-10(6-8)15-5-4-9(7-16)12(15)17;2*1-2/h1-3,6,9,11,16H,4-5,7H2;1-2H3;1H3. The first-order valence-electron chi connectivity index (χ1n) is 6.81. The van der Waals surface area contributed by atoms with Gasteiger partial charge < -0.3 is 10.0 Å². The summed E-state index contributed by atoms with van der Waals surface area (Å²) in [6.07, 6.45) is -1.98. The van der Waals surface area contributed by atoms with Crippen LogP contribution >= 0.6 is 0 Å². The Kier molecular flexibility index (Phi) is 9.45. The van der Waals surface area contributed by atoms with Crippen LogP contribution in [-0.4, -0.2) is 31.3 Å². The predicted molar refractivity (Wildman–Crippen MR) is 77.3 cm³/mol. The molecule has 21 heavy (non-hydrogen) atoms. The molecule has 0 saturated carbocycles. The normalized spacial score (nSPS) is 17.0. The first-order chi connectivity index (χ1) is 10.1. The van der Waals surface area contributed by atoms with Crippen molar-refractivity contribution >= 4 is 11.6 Å². The van der Waals surface area contributed by atoms with Crippen LogP contribution in [0.15, 0.2) is 24.3 Å². The minimum atomic E-state index is -2.54. The second-order valence-corrected chi connectivity index (χ2v) is 4.05. The fraction of sp³-hybridized carbons (Fsp3) is 0.533. The number of hydrogen-bond donors (Lipinski definition) is 1. The lowest BCUT2D eigenvalue weighted by molar-refractivity contribution is -0.121. The Hall–Kier alpha value is -1.56. The van der Waals surface area contributed by atoms with Gasteiger partial charge in [-0.15, -0.1) is 0 Å². The van der Waals surface area contributed by atoms with E-state index in [9.17, 15) is 18.0 Å². The van der Waals surface area contributed by atoms with Gasteiger partial charge in [0.25, 0.3) is 6.43 Å². The van der Waals surface area contributed by atoms with E-state index in [1.165, 1.54) is 23.1 Å². The summed E-state index contributed by atoms with van der Waals surface area (Å²) in [5.74, 6) is -0.593. The first-order valence-corrected chi connectivity index (χ1v) is 6.81. The number of hydrogen-bond acceptors (Lipinski definition) is 2. The first kappa shape index (κ1) is 19.4. The Labute approximate surface area is 123 Å². The maximum Gasteiger partial charge on any atom is 0.263 e. The lowest BCUT2D eigenvalue weighted by Gasteiger charge is -2.17.